The average Bonchev–Trinajstić information content (AvgIpc) is 3.33. The molecule has 1 aliphatic heterocycles. The third-order valence-electron chi connectivity index (χ3n) is 5.48. The average molecular weight is 354 g/mol. The molecule has 2 aromatic rings. The lowest BCUT2D eigenvalue weighted by Crippen LogP contribution is -2.47. The van der Waals surface area contributed by atoms with Crippen molar-refractivity contribution in [2.45, 2.75) is 63.5 Å². The highest BCUT2D eigenvalue weighted by Gasteiger charge is 2.31. The zero-order valence-corrected chi connectivity index (χ0v) is 15.1. The van der Waals surface area contributed by atoms with Gasteiger partial charge in [-0.25, -0.2) is 4.79 Å². The smallest absolute Gasteiger partial charge is 0.317 e. The highest BCUT2D eigenvalue weighted by atomic mass is 16.5. The third kappa shape index (κ3) is 3.89. The first-order valence-electron chi connectivity index (χ1n) is 9.75. The largest absolute Gasteiger partial charge is 0.335 e. The minimum Gasteiger partial charge on any atom is -0.335 e. The number of nitrogens with zero attached hydrogens (tertiary/aromatic N) is 3. The van der Waals surface area contributed by atoms with E-state index in [2.05, 4.69) is 15.5 Å². The minimum absolute atomic E-state index is 0.0752. The molecule has 138 valence electrons. The quantitative estimate of drug-likeness (QED) is 0.907. The molecule has 1 aromatic heterocycles. The standard InChI is InChI=1S/C20H26N4O2/c25-20(21-16-10-5-2-6-11-16)24-13-7-12-17(24)14-18-22-19(26-23-18)15-8-3-1-4-9-15/h1,3-4,8-9,16-17H,2,5-7,10-14H2,(H,21,25). The molecule has 1 N–H and O–H groups in total. The molecular formula is C20H26N4O2. The maximum atomic E-state index is 12.7. The van der Waals surface area contributed by atoms with Gasteiger partial charge in [0, 0.05) is 30.6 Å². The van der Waals surface area contributed by atoms with Crippen molar-refractivity contribution >= 4 is 6.03 Å². The molecule has 1 saturated heterocycles. The second-order valence-electron chi connectivity index (χ2n) is 7.36. The highest BCUT2D eigenvalue weighted by Crippen LogP contribution is 2.23. The molecule has 1 aromatic carbocycles. The maximum absolute atomic E-state index is 12.7. The summed E-state index contributed by atoms with van der Waals surface area (Å²) >= 11 is 0. The number of nitrogens with one attached hydrogen (secondary N) is 1. The molecular weight excluding hydrogens is 328 g/mol. The number of benzene rings is 1. The first-order valence-corrected chi connectivity index (χ1v) is 9.75. The van der Waals surface area contributed by atoms with Crippen LogP contribution in [0.3, 0.4) is 0 Å². The molecule has 0 bridgehead atoms. The van der Waals surface area contributed by atoms with Gasteiger partial charge >= 0.3 is 6.03 Å². The first-order chi connectivity index (χ1) is 12.8. The molecule has 6 nitrogen and oxygen atoms in total. The zero-order chi connectivity index (χ0) is 17.8. The number of aromatic nitrogens is 2. The van der Waals surface area contributed by atoms with Gasteiger partial charge in [-0.1, -0.05) is 42.6 Å². The van der Waals surface area contributed by atoms with Gasteiger partial charge in [-0.2, -0.15) is 4.98 Å². The Labute approximate surface area is 154 Å². The molecule has 1 unspecified atom stereocenters. The summed E-state index contributed by atoms with van der Waals surface area (Å²) in [5, 5.41) is 7.35. The summed E-state index contributed by atoms with van der Waals surface area (Å²) in [6.07, 6.45) is 8.62. The Morgan fingerprint density at radius 1 is 1.12 bits per heavy atom. The normalized spacial score (nSPS) is 21.1. The summed E-state index contributed by atoms with van der Waals surface area (Å²) in [6, 6.07) is 10.3. The summed E-state index contributed by atoms with van der Waals surface area (Å²) < 4.78 is 5.40. The van der Waals surface area contributed by atoms with Gasteiger partial charge < -0.3 is 14.7 Å². The second-order valence-corrected chi connectivity index (χ2v) is 7.36. The van der Waals surface area contributed by atoms with E-state index in [1.807, 2.05) is 35.2 Å². The summed E-state index contributed by atoms with van der Waals surface area (Å²) in [4.78, 5) is 19.2. The number of hydrogen-bond acceptors (Lipinski definition) is 4. The number of likely N-dealkylation sites (tertiary alicyclic amines) is 1. The summed E-state index contributed by atoms with van der Waals surface area (Å²) in [5.41, 5.74) is 0.921. The lowest BCUT2D eigenvalue weighted by Gasteiger charge is -2.29. The van der Waals surface area contributed by atoms with Crippen molar-refractivity contribution in [2.75, 3.05) is 6.54 Å². The maximum Gasteiger partial charge on any atom is 0.317 e. The van der Waals surface area contributed by atoms with E-state index in [4.69, 9.17) is 4.52 Å². The van der Waals surface area contributed by atoms with Crippen LogP contribution in [0.2, 0.25) is 0 Å². The summed E-state index contributed by atoms with van der Waals surface area (Å²) in [7, 11) is 0. The predicted molar refractivity (Wildman–Crippen MR) is 98.6 cm³/mol. The SMILES string of the molecule is O=C(NC1CCCCC1)N1CCCC1Cc1noc(-c2ccccc2)n1. The van der Waals surface area contributed by atoms with Gasteiger partial charge in [-0.15, -0.1) is 0 Å². The van der Waals surface area contributed by atoms with Crippen LogP contribution >= 0.6 is 0 Å². The van der Waals surface area contributed by atoms with Crippen molar-refractivity contribution in [2.24, 2.45) is 0 Å². The Morgan fingerprint density at radius 3 is 2.73 bits per heavy atom. The van der Waals surface area contributed by atoms with Crippen LogP contribution in [0.15, 0.2) is 34.9 Å². The van der Waals surface area contributed by atoms with Crippen LogP contribution in [0, 0.1) is 0 Å². The fourth-order valence-electron chi connectivity index (χ4n) is 4.07. The molecule has 2 amide bonds. The highest BCUT2D eigenvalue weighted by molar-refractivity contribution is 5.75. The van der Waals surface area contributed by atoms with E-state index in [-0.39, 0.29) is 12.1 Å². The van der Waals surface area contributed by atoms with Gasteiger partial charge in [0.05, 0.1) is 0 Å². The van der Waals surface area contributed by atoms with E-state index in [9.17, 15) is 4.79 Å². The van der Waals surface area contributed by atoms with Crippen LogP contribution in [0.5, 0.6) is 0 Å². The van der Waals surface area contributed by atoms with E-state index < -0.39 is 0 Å². The van der Waals surface area contributed by atoms with Crippen LogP contribution in [-0.4, -0.2) is 39.7 Å². The van der Waals surface area contributed by atoms with Crippen LogP contribution < -0.4 is 5.32 Å². The molecule has 2 aliphatic rings. The van der Waals surface area contributed by atoms with Gasteiger partial charge in [0.25, 0.3) is 5.89 Å². The number of amides is 2. The Kier molecular flexibility index (Phi) is 5.18. The molecule has 26 heavy (non-hydrogen) atoms. The van der Waals surface area contributed by atoms with E-state index in [1.165, 1.54) is 19.3 Å². The molecule has 1 aliphatic carbocycles. The summed E-state index contributed by atoms with van der Waals surface area (Å²) in [6.45, 7) is 0.812. The van der Waals surface area contributed by atoms with Gasteiger partial charge in [-0.3, -0.25) is 0 Å². The topological polar surface area (TPSA) is 71.3 Å². The second kappa shape index (κ2) is 7.89. The number of urea groups is 1. The van der Waals surface area contributed by atoms with Crippen LogP contribution in [-0.2, 0) is 6.42 Å². The van der Waals surface area contributed by atoms with E-state index in [1.54, 1.807) is 0 Å². The van der Waals surface area contributed by atoms with Gasteiger partial charge in [0.2, 0.25) is 0 Å². The number of carbonyl (C=O) groups is 1. The first kappa shape index (κ1) is 17.1. The minimum atomic E-state index is 0.0752. The van der Waals surface area contributed by atoms with Crippen LogP contribution in [0.25, 0.3) is 11.5 Å². The molecule has 2 heterocycles. The molecule has 4 rings (SSSR count). The Bertz CT molecular complexity index is 724. The lowest BCUT2D eigenvalue weighted by molar-refractivity contribution is 0.184. The molecule has 2 fully saturated rings. The van der Waals surface area contributed by atoms with E-state index in [0.717, 1.165) is 37.8 Å². The van der Waals surface area contributed by atoms with Crippen molar-refractivity contribution in [3.05, 3.63) is 36.2 Å². The van der Waals surface area contributed by atoms with E-state index >= 15 is 0 Å². The lowest BCUT2D eigenvalue weighted by atomic mass is 9.96. The Hall–Kier alpha value is -2.37. The number of rotatable bonds is 4. The van der Waals surface area contributed by atoms with Crippen molar-refractivity contribution in [1.82, 2.24) is 20.4 Å². The predicted octanol–water partition coefficient (Wildman–Crippen LogP) is 3.79. The zero-order valence-electron chi connectivity index (χ0n) is 15.1. The van der Waals surface area contributed by atoms with E-state index in [0.29, 0.717) is 24.2 Å². The fraction of sp³-hybridized carbons (Fsp3) is 0.550. The van der Waals surface area contributed by atoms with Gasteiger partial charge in [0.15, 0.2) is 5.82 Å². The Morgan fingerprint density at radius 2 is 1.92 bits per heavy atom. The van der Waals surface area contributed by atoms with Crippen molar-refractivity contribution in [3.63, 3.8) is 0 Å². The molecule has 0 radical (unpaired) electrons. The molecule has 1 saturated carbocycles. The van der Waals surface area contributed by atoms with Crippen LogP contribution in [0.1, 0.15) is 50.8 Å². The van der Waals surface area contributed by atoms with Crippen molar-refractivity contribution in [3.8, 4) is 11.5 Å². The number of hydrogen-bond donors (Lipinski definition) is 1. The Balaban J connectivity index is 1.38. The molecule has 1 atom stereocenters. The number of carbonyl (C=O) groups excluding carboxylic acids is 1. The fourth-order valence-corrected chi connectivity index (χ4v) is 4.07. The third-order valence-corrected chi connectivity index (χ3v) is 5.48. The van der Waals surface area contributed by atoms with Gasteiger partial charge in [-0.05, 0) is 37.8 Å². The molecule has 0 spiro atoms. The molecule has 6 heteroatoms. The van der Waals surface area contributed by atoms with Crippen molar-refractivity contribution in [1.29, 1.82) is 0 Å². The van der Waals surface area contributed by atoms with Crippen molar-refractivity contribution < 1.29 is 9.32 Å². The van der Waals surface area contributed by atoms with Gasteiger partial charge in [0.1, 0.15) is 0 Å². The summed E-state index contributed by atoms with van der Waals surface area (Å²) in [5.74, 6) is 1.21. The van der Waals surface area contributed by atoms with Crippen LogP contribution in [0.4, 0.5) is 4.79 Å². The monoisotopic (exact) mass is 354 g/mol.